The number of rotatable bonds is 5. The molecule has 4 rings (SSSR count). The van der Waals surface area contributed by atoms with E-state index < -0.39 is 0 Å². The first-order chi connectivity index (χ1) is 15.3. The molecule has 0 aromatic carbocycles. The van der Waals surface area contributed by atoms with Gasteiger partial charge in [0.1, 0.15) is 0 Å². The number of allylic oxidation sites excluding steroid dienone is 3. The van der Waals surface area contributed by atoms with E-state index in [0.717, 1.165) is 57.8 Å². The Morgan fingerprint density at radius 3 is 2.30 bits per heavy atom. The summed E-state index contributed by atoms with van der Waals surface area (Å²) in [6.07, 6.45) is 10.9. The van der Waals surface area contributed by atoms with E-state index in [0.29, 0.717) is 11.8 Å². The Labute approximate surface area is 202 Å². The summed E-state index contributed by atoms with van der Waals surface area (Å²) in [6, 6.07) is 0. The molecule has 0 aliphatic heterocycles. The zero-order valence-corrected chi connectivity index (χ0v) is 22.4. The molecule has 0 spiro atoms. The molecule has 0 bridgehead atoms. The van der Waals surface area contributed by atoms with Crippen LogP contribution in [-0.2, 0) is 0 Å². The average molecular weight is 459 g/mol. The van der Waals surface area contributed by atoms with Crippen LogP contribution in [0.3, 0.4) is 0 Å². The predicted molar refractivity (Wildman–Crippen MR) is 136 cm³/mol. The quantitative estimate of drug-likeness (QED) is 0.416. The lowest BCUT2D eigenvalue weighted by Crippen LogP contribution is -2.56. The third-order valence-electron chi connectivity index (χ3n) is 11.8. The first-order valence-corrected chi connectivity index (χ1v) is 13.7. The van der Waals surface area contributed by atoms with E-state index in [4.69, 9.17) is 0 Å². The number of aliphatic hydroxyl groups is 3. The summed E-state index contributed by atoms with van der Waals surface area (Å²) in [5.41, 5.74) is 4.42. The zero-order chi connectivity index (χ0) is 24.4. The van der Waals surface area contributed by atoms with Gasteiger partial charge in [0.2, 0.25) is 0 Å². The Morgan fingerprint density at radius 2 is 1.67 bits per heavy atom. The molecule has 3 N–H and O–H groups in total. The second kappa shape index (κ2) is 8.49. The normalized spacial score (nSPS) is 45.2. The molecule has 33 heavy (non-hydrogen) atoms. The topological polar surface area (TPSA) is 60.7 Å². The minimum atomic E-state index is -0.336. The Morgan fingerprint density at radius 1 is 0.970 bits per heavy atom. The fourth-order valence-electron chi connectivity index (χ4n) is 9.48. The van der Waals surface area contributed by atoms with Crippen molar-refractivity contribution >= 4 is 0 Å². The van der Waals surface area contributed by atoms with Crippen molar-refractivity contribution < 1.29 is 15.3 Å². The molecule has 188 valence electrons. The highest BCUT2D eigenvalue weighted by atomic mass is 16.3. The fraction of sp³-hybridized carbons (Fsp3) is 0.867. The van der Waals surface area contributed by atoms with E-state index in [1.807, 2.05) is 0 Å². The molecule has 3 nitrogen and oxygen atoms in total. The SMILES string of the molecule is CC(C)=CCCC(CO)C1CC(O)C2(C)C3=C(CCC12C)C1(C)CCC(O)C(C)(C)C1CC3. The van der Waals surface area contributed by atoms with Crippen molar-refractivity contribution in [3.05, 3.63) is 22.8 Å². The summed E-state index contributed by atoms with van der Waals surface area (Å²) in [5.74, 6) is 1.11. The number of hydrogen-bond donors (Lipinski definition) is 3. The molecule has 0 radical (unpaired) electrons. The van der Waals surface area contributed by atoms with Crippen molar-refractivity contribution in [3.8, 4) is 0 Å². The smallest absolute Gasteiger partial charge is 0.0639 e. The van der Waals surface area contributed by atoms with Gasteiger partial charge in [-0.25, -0.2) is 0 Å². The van der Waals surface area contributed by atoms with E-state index in [2.05, 4.69) is 54.5 Å². The van der Waals surface area contributed by atoms with Crippen LogP contribution in [0.1, 0.15) is 106 Å². The van der Waals surface area contributed by atoms with Crippen molar-refractivity contribution in [3.63, 3.8) is 0 Å². The van der Waals surface area contributed by atoms with Gasteiger partial charge in [0.15, 0.2) is 0 Å². The van der Waals surface area contributed by atoms with Gasteiger partial charge < -0.3 is 15.3 Å². The lowest BCUT2D eigenvalue weighted by molar-refractivity contribution is -0.100. The van der Waals surface area contributed by atoms with Crippen LogP contribution in [0.15, 0.2) is 22.8 Å². The fourth-order valence-corrected chi connectivity index (χ4v) is 9.48. The van der Waals surface area contributed by atoms with Gasteiger partial charge in [0.25, 0.3) is 0 Å². The van der Waals surface area contributed by atoms with E-state index in [1.54, 1.807) is 11.1 Å². The molecule has 0 heterocycles. The maximum atomic E-state index is 11.7. The van der Waals surface area contributed by atoms with Gasteiger partial charge in [0.05, 0.1) is 12.2 Å². The van der Waals surface area contributed by atoms with Crippen LogP contribution in [0.2, 0.25) is 0 Å². The molecule has 4 aliphatic rings. The molecule has 8 atom stereocenters. The lowest BCUT2D eigenvalue weighted by atomic mass is 9.43. The van der Waals surface area contributed by atoms with Crippen molar-refractivity contribution in [1.82, 2.24) is 0 Å². The third kappa shape index (κ3) is 3.54. The van der Waals surface area contributed by atoms with Gasteiger partial charge in [-0.3, -0.25) is 0 Å². The second-order valence-corrected chi connectivity index (χ2v) is 13.6. The number of aliphatic hydroxyl groups excluding tert-OH is 3. The molecule has 0 saturated heterocycles. The summed E-state index contributed by atoms with van der Waals surface area (Å²) in [5, 5.41) is 32.9. The maximum Gasteiger partial charge on any atom is 0.0639 e. The molecule has 0 aromatic rings. The molecule has 2 fully saturated rings. The standard InChI is InChI=1S/C30H50O3/c1-19(2)9-8-10-20(18-31)23-17-26(33)30(7)22-11-12-24-27(3,4)25(32)14-15-28(24,5)21(22)13-16-29(23,30)6/h9,20,23-26,31-33H,8,10-18H2,1-7H3. The van der Waals surface area contributed by atoms with Gasteiger partial charge in [-0.15, -0.1) is 0 Å². The van der Waals surface area contributed by atoms with Crippen LogP contribution >= 0.6 is 0 Å². The highest BCUT2D eigenvalue weighted by Crippen LogP contribution is 2.72. The first kappa shape index (κ1) is 25.5. The molecular weight excluding hydrogens is 408 g/mol. The Bertz CT molecular complexity index is 820. The van der Waals surface area contributed by atoms with Crippen LogP contribution in [0.25, 0.3) is 0 Å². The highest BCUT2D eigenvalue weighted by molar-refractivity contribution is 5.40. The number of fused-ring (bicyclic) bond motifs is 4. The zero-order valence-electron chi connectivity index (χ0n) is 22.4. The van der Waals surface area contributed by atoms with E-state index in [1.165, 1.54) is 5.57 Å². The molecular formula is C30H50O3. The van der Waals surface area contributed by atoms with Crippen molar-refractivity contribution in [2.45, 2.75) is 118 Å². The van der Waals surface area contributed by atoms with Gasteiger partial charge in [0, 0.05) is 12.0 Å². The summed E-state index contributed by atoms with van der Waals surface area (Å²) < 4.78 is 0. The van der Waals surface area contributed by atoms with Crippen LogP contribution in [0.4, 0.5) is 0 Å². The molecule has 4 aliphatic carbocycles. The summed E-state index contributed by atoms with van der Waals surface area (Å²) in [6.45, 7) is 16.3. The molecule has 3 heteroatoms. The van der Waals surface area contributed by atoms with Gasteiger partial charge >= 0.3 is 0 Å². The van der Waals surface area contributed by atoms with E-state index >= 15 is 0 Å². The van der Waals surface area contributed by atoms with E-state index in [-0.39, 0.29) is 46.4 Å². The maximum absolute atomic E-state index is 11.7. The second-order valence-electron chi connectivity index (χ2n) is 13.6. The van der Waals surface area contributed by atoms with Crippen LogP contribution in [-0.4, -0.2) is 34.1 Å². The Kier molecular flexibility index (Phi) is 6.55. The molecule has 2 saturated carbocycles. The monoisotopic (exact) mass is 458 g/mol. The molecule has 8 unspecified atom stereocenters. The predicted octanol–water partition coefficient (Wildman–Crippen LogP) is 6.42. The highest BCUT2D eigenvalue weighted by Gasteiger charge is 2.66. The van der Waals surface area contributed by atoms with Gasteiger partial charge in [-0.2, -0.15) is 0 Å². The van der Waals surface area contributed by atoms with Gasteiger partial charge in [-0.1, -0.05) is 57.4 Å². The summed E-state index contributed by atoms with van der Waals surface area (Å²) in [4.78, 5) is 0. The van der Waals surface area contributed by atoms with Crippen molar-refractivity contribution in [2.24, 2.45) is 39.4 Å². The minimum Gasteiger partial charge on any atom is -0.396 e. The average Bonchev–Trinajstić information content (AvgIpc) is 2.95. The van der Waals surface area contributed by atoms with Crippen molar-refractivity contribution in [2.75, 3.05) is 6.61 Å². The molecule has 0 amide bonds. The third-order valence-corrected chi connectivity index (χ3v) is 11.8. The summed E-state index contributed by atoms with van der Waals surface area (Å²) >= 11 is 0. The van der Waals surface area contributed by atoms with Crippen molar-refractivity contribution in [1.29, 1.82) is 0 Å². The minimum absolute atomic E-state index is 0.0243. The van der Waals surface area contributed by atoms with Crippen LogP contribution in [0, 0.1) is 39.4 Å². The first-order valence-electron chi connectivity index (χ1n) is 13.7. The molecule has 0 aromatic heterocycles. The number of hydrogen-bond acceptors (Lipinski definition) is 3. The Hall–Kier alpha value is -0.640. The van der Waals surface area contributed by atoms with E-state index in [9.17, 15) is 15.3 Å². The largest absolute Gasteiger partial charge is 0.396 e. The summed E-state index contributed by atoms with van der Waals surface area (Å²) in [7, 11) is 0. The van der Waals surface area contributed by atoms with Crippen LogP contribution < -0.4 is 0 Å². The van der Waals surface area contributed by atoms with Crippen LogP contribution in [0.5, 0.6) is 0 Å². The Balaban J connectivity index is 1.71. The van der Waals surface area contributed by atoms with Gasteiger partial charge in [-0.05, 0) is 106 Å². The lowest BCUT2D eigenvalue weighted by Gasteiger charge is -2.62.